The van der Waals surface area contributed by atoms with Crippen molar-refractivity contribution < 1.29 is 22.4 Å². The number of alkyl halides is 3. The highest BCUT2D eigenvalue weighted by molar-refractivity contribution is 6.02. The predicted octanol–water partition coefficient (Wildman–Crippen LogP) is 4.10. The molecule has 1 saturated heterocycles. The summed E-state index contributed by atoms with van der Waals surface area (Å²) in [6, 6.07) is 12.8. The van der Waals surface area contributed by atoms with E-state index in [9.17, 15) is 27.6 Å². The first-order chi connectivity index (χ1) is 13.8. The van der Waals surface area contributed by atoms with E-state index >= 15 is 0 Å². The number of halogens is 4. The molecule has 0 spiro atoms. The molecule has 0 radical (unpaired) electrons. The minimum absolute atomic E-state index is 0.229. The van der Waals surface area contributed by atoms with Gasteiger partial charge >= 0.3 is 6.18 Å². The van der Waals surface area contributed by atoms with Crippen molar-refractivity contribution in [2.45, 2.75) is 6.18 Å². The molecule has 1 aliphatic heterocycles. The highest BCUT2D eigenvalue weighted by Gasteiger charge is 2.33. The van der Waals surface area contributed by atoms with Crippen molar-refractivity contribution in [3.8, 4) is 6.07 Å². The Hall–Kier alpha value is -3.34. The number of benzene rings is 2. The van der Waals surface area contributed by atoms with Crippen LogP contribution in [0.5, 0.6) is 0 Å². The molecule has 29 heavy (non-hydrogen) atoms. The molecule has 4 nitrogen and oxygen atoms in total. The molecule has 1 heterocycles. The third kappa shape index (κ3) is 4.57. The normalized spacial score (nSPS) is 15.2. The fourth-order valence-electron chi connectivity index (χ4n) is 3.21. The summed E-state index contributed by atoms with van der Waals surface area (Å²) in [6.45, 7) is 1.16. The number of anilines is 1. The van der Waals surface area contributed by atoms with Crippen LogP contribution in [-0.2, 0) is 11.0 Å². The Kier molecular flexibility index (Phi) is 5.87. The molecule has 0 unspecified atom stereocenters. The number of nitriles is 1. The van der Waals surface area contributed by atoms with Gasteiger partial charge in [0.2, 0.25) is 0 Å². The van der Waals surface area contributed by atoms with Crippen LogP contribution in [0.15, 0.2) is 54.1 Å². The number of hydrogen-bond acceptors (Lipinski definition) is 3. The predicted molar refractivity (Wildman–Crippen MR) is 100 cm³/mol. The highest BCUT2D eigenvalue weighted by Crippen LogP contribution is 2.33. The van der Waals surface area contributed by atoms with Gasteiger partial charge in [0.05, 0.1) is 11.3 Å². The van der Waals surface area contributed by atoms with E-state index in [4.69, 9.17) is 0 Å². The van der Waals surface area contributed by atoms with Gasteiger partial charge < -0.3 is 9.80 Å². The van der Waals surface area contributed by atoms with Gasteiger partial charge in [-0.25, -0.2) is 4.39 Å². The number of rotatable bonds is 3. The zero-order chi connectivity index (χ0) is 21.0. The molecule has 3 rings (SSSR count). The molecule has 0 bridgehead atoms. The fourth-order valence-corrected chi connectivity index (χ4v) is 3.21. The first-order valence-electron chi connectivity index (χ1n) is 8.88. The summed E-state index contributed by atoms with van der Waals surface area (Å²) in [5.74, 6) is -1.01. The second-order valence-electron chi connectivity index (χ2n) is 6.49. The molecule has 2 aromatic rings. The largest absolute Gasteiger partial charge is 0.416 e. The lowest BCUT2D eigenvalue weighted by Crippen LogP contribution is -2.49. The summed E-state index contributed by atoms with van der Waals surface area (Å²) in [6.07, 6.45) is -3.63. The maximum absolute atomic E-state index is 13.9. The molecule has 150 valence electrons. The van der Waals surface area contributed by atoms with E-state index < -0.39 is 17.6 Å². The standard InChI is InChI=1S/C21H17F4N3O/c22-18-7-3-4-8-19(18)27-9-11-28(12-10-27)20(29)16(14-26)13-15-5-1-2-6-17(15)21(23,24)25/h1-8,13H,9-12H2/b16-13+. The SMILES string of the molecule is N#C/C(=C\c1ccccc1C(F)(F)F)C(=O)N1CCN(c2ccccc2F)CC1. The number of amides is 1. The van der Waals surface area contributed by atoms with Crippen molar-refractivity contribution in [2.24, 2.45) is 0 Å². The van der Waals surface area contributed by atoms with Crippen molar-refractivity contribution in [1.29, 1.82) is 5.26 Å². The number of hydrogen-bond donors (Lipinski definition) is 0. The molecule has 0 N–H and O–H groups in total. The number of piperazine rings is 1. The van der Waals surface area contributed by atoms with Crippen LogP contribution in [0, 0.1) is 17.1 Å². The van der Waals surface area contributed by atoms with Crippen LogP contribution in [-0.4, -0.2) is 37.0 Å². The molecule has 2 aromatic carbocycles. The molecule has 0 saturated carbocycles. The monoisotopic (exact) mass is 403 g/mol. The Balaban J connectivity index is 1.76. The average molecular weight is 403 g/mol. The first-order valence-corrected chi connectivity index (χ1v) is 8.88. The van der Waals surface area contributed by atoms with Crippen molar-refractivity contribution in [3.63, 3.8) is 0 Å². The van der Waals surface area contributed by atoms with E-state index in [-0.39, 0.29) is 30.0 Å². The zero-order valence-corrected chi connectivity index (χ0v) is 15.3. The van der Waals surface area contributed by atoms with Crippen LogP contribution in [0.1, 0.15) is 11.1 Å². The van der Waals surface area contributed by atoms with E-state index in [1.54, 1.807) is 29.2 Å². The lowest BCUT2D eigenvalue weighted by atomic mass is 10.0. The van der Waals surface area contributed by atoms with Gasteiger partial charge in [-0.05, 0) is 29.8 Å². The van der Waals surface area contributed by atoms with Crippen molar-refractivity contribution in [3.05, 3.63) is 71.0 Å². The summed E-state index contributed by atoms with van der Waals surface area (Å²) in [7, 11) is 0. The highest BCUT2D eigenvalue weighted by atomic mass is 19.4. The maximum Gasteiger partial charge on any atom is 0.416 e. The molecule has 0 aromatic heterocycles. The van der Waals surface area contributed by atoms with E-state index in [0.29, 0.717) is 18.8 Å². The Labute approximate surface area is 165 Å². The Morgan fingerprint density at radius 3 is 2.24 bits per heavy atom. The van der Waals surface area contributed by atoms with Gasteiger partial charge in [-0.15, -0.1) is 0 Å². The summed E-state index contributed by atoms with van der Waals surface area (Å²) in [5.41, 5.74) is -1.10. The number of nitrogens with zero attached hydrogens (tertiary/aromatic N) is 3. The summed E-state index contributed by atoms with van der Waals surface area (Å²) < 4.78 is 53.4. The van der Waals surface area contributed by atoms with E-state index in [2.05, 4.69) is 0 Å². The fraction of sp³-hybridized carbons (Fsp3) is 0.238. The van der Waals surface area contributed by atoms with E-state index in [0.717, 1.165) is 12.1 Å². The molecule has 0 atom stereocenters. The number of carbonyl (C=O) groups excluding carboxylic acids is 1. The smallest absolute Gasteiger partial charge is 0.366 e. The molecule has 1 aliphatic rings. The molecular formula is C21H17F4N3O. The minimum atomic E-state index is -4.60. The second-order valence-corrected chi connectivity index (χ2v) is 6.49. The minimum Gasteiger partial charge on any atom is -0.366 e. The van der Waals surface area contributed by atoms with Gasteiger partial charge in [0.25, 0.3) is 5.91 Å². The average Bonchev–Trinajstić information content (AvgIpc) is 2.71. The first kappa shape index (κ1) is 20.4. The van der Waals surface area contributed by atoms with Crippen molar-refractivity contribution in [2.75, 3.05) is 31.1 Å². The van der Waals surface area contributed by atoms with Crippen molar-refractivity contribution in [1.82, 2.24) is 4.90 Å². The number of para-hydroxylation sites is 1. The Morgan fingerprint density at radius 1 is 1.00 bits per heavy atom. The Morgan fingerprint density at radius 2 is 1.62 bits per heavy atom. The summed E-state index contributed by atoms with van der Waals surface area (Å²) >= 11 is 0. The van der Waals surface area contributed by atoms with Gasteiger partial charge in [0, 0.05) is 26.2 Å². The summed E-state index contributed by atoms with van der Waals surface area (Å²) in [5, 5.41) is 9.34. The second kappa shape index (κ2) is 8.35. The van der Waals surface area contributed by atoms with Gasteiger partial charge in [-0.2, -0.15) is 18.4 Å². The van der Waals surface area contributed by atoms with Gasteiger partial charge in [-0.1, -0.05) is 30.3 Å². The van der Waals surface area contributed by atoms with Gasteiger partial charge in [-0.3, -0.25) is 4.79 Å². The molecule has 1 fully saturated rings. The number of carbonyl (C=O) groups is 1. The van der Waals surface area contributed by atoms with Crippen molar-refractivity contribution >= 4 is 17.7 Å². The molecule has 0 aliphatic carbocycles. The van der Waals surface area contributed by atoms with Crippen LogP contribution < -0.4 is 4.90 Å². The maximum atomic E-state index is 13.9. The third-order valence-electron chi connectivity index (χ3n) is 4.68. The molecule has 1 amide bonds. The summed E-state index contributed by atoms with van der Waals surface area (Å²) in [4.78, 5) is 15.8. The van der Waals surface area contributed by atoms with Crippen LogP contribution in [0.3, 0.4) is 0 Å². The van der Waals surface area contributed by atoms with Crippen LogP contribution in [0.2, 0.25) is 0 Å². The van der Waals surface area contributed by atoms with Crippen LogP contribution >= 0.6 is 0 Å². The lowest BCUT2D eigenvalue weighted by Gasteiger charge is -2.36. The lowest BCUT2D eigenvalue weighted by molar-refractivity contribution is -0.137. The van der Waals surface area contributed by atoms with E-state index in [1.807, 2.05) is 0 Å². The van der Waals surface area contributed by atoms with Gasteiger partial charge in [0.1, 0.15) is 17.5 Å². The van der Waals surface area contributed by atoms with Gasteiger partial charge in [0.15, 0.2) is 0 Å². The Bertz CT molecular complexity index is 970. The van der Waals surface area contributed by atoms with Crippen LogP contribution in [0.25, 0.3) is 6.08 Å². The zero-order valence-electron chi connectivity index (χ0n) is 15.3. The quantitative estimate of drug-likeness (QED) is 0.440. The molecule has 8 heteroatoms. The topological polar surface area (TPSA) is 47.3 Å². The third-order valence-corrected chi connectivity index (χ3v) is 4.68. The molecular weight excluding hydrogens is 386 g/mol. The van der Waals surface area contributed by atoms with E-state index in [1.165, 1.54) is 29.2 Å². The van der Waals surface area contributed by atoms with Crippen LogP contribution in [0.4, 0.5) is 23.2 Å².